The summed E-state index contributed by atoms with van der Waals surface area (Å²) in [7, 11) is 0. The highest BCUT2D eigenvalue weighted by Crippen LogP contribution is 2.53. The summed E-state index contributed by atoms with van der Waals surface area (Å²) < 4.78 is 6.57. The molecule has 4 unspecified atom stereocenters. The van der Waals surface area contributed by atoms with E-state index in [1.54, 1.807) is 0 Å². The van der Waals surface area contributed by atoms with Gasteiger partial charge in [0.15, 0.2) is 0 Å². The average Bonchev–Trinajstić information content (AvgIpc) is 2.40. The third-order valence-electron chi connectivity index (χ3n) is 5.71. The Morgan fingerprint density at radius 2 is 1.78 bits per heavy atom. The molecule has 0 saturated heterocycles. The summed E-state index contributed by atoms with van der Waals surface area (Å²) in [4.78, 5) is 0.675. The van der Waals surface area contributed by atoms with Crippen LogP contribution in [0.1, 0.15) is 72.1 Å². The predicted molar refractivity (Wildman–Crippen MR) is 81.3 cm³/mol. The smallest absolute Gasteiger partial charge is 0.0656 e. The van der Waals surface area contributed by atoms with Crippen molar-refractivity contribution in [3.05, 3.63) is 0 Å². The maximum atomic E-state index is 6.57. The predicted octanol–water partition coefficient (Wildman–Crippen LogP) is 5.31. The van der Waals surface area contributed by atoms with E-state index in [1.165, 1.54) is 51.4 Å². The first-order chi connectivity index (χ1) is 8.67. The molecule has 18 heavy (non-hydrogen) atoms. The van der Waals surface area contributed by atoms with Crippen molar-refractivity contribution in [2.45, 2.75) is 89.2 Å². The Kier molecular flexibility index (Phi) is 5.16. The molecule has 2 aliphatic rings. The average molecular weight is 317 g/mol. The molecule has 0 aromatic carbocycles. The maximum Gasteiger partial charge on any atom is 0.0656 e. The van der Waals surface area contributed by atoms with Gasteiger partial charge in [-0.2, -0.15) is 0 Å². The summed E-state index contributed by atoms with van der Waals surface area (Å²) in [6, 6.07) is 0. The van der Waals surface area contributed by atoms with Crippen molar-refractivity contribution < 1.29 is 4.74 Å². The van der Waals surface area contributed by atoms with E-state index < -0.39 is 0 Å². The first-order valence-electron chi connectivity index (χ1n) is 7.97. The van der Waals surface area contributed by atoms with Gasteiger partial charge in [-0.1, -0.05) is 56.0 Å². The minimum Gasteiger partial charge on any atom is -0.374 e. The fourth-order valence-electron chi connectivity index (χ4n) is 4.07. The Hall–Kier alpha value is 0.440. The molecule has 2 rings (SSSR count). The molecule has 2 fully saturated rings. The molecule has 0 spiro atoms. The van der Waals surface area contributed by atoms with Crippen molar-refractivity contribution in [1.29, 1.82) is 0 Å². The molecular formula is C16H29BrO. The van der Waals surface area contributed by atoms with Crippen molar-refractivity contribution in [1.82, 2.24) is 0 Å². The van der Waals surface area contributed by atoms with Gasteiger partial charge in [-0.05, 0) is 38.0 Å². The molecule has 2 heteroatoms. The third-order valence-corrected chi connectivity index (χ3v) is 6.99. The van der Waals surface area contributed by atoms with Crippen LogP contribution in [0.25, 0.3) is 0 Å². The van der Waals surface area contributed by atoms with Crippen LogP contribution in [0.3, 0.4) is 0 Å². The summed E-state index contributed by atoms with van der Waals surface area (Å²) >= 11 is 3.86. The normalized spacial score (nSPS) is 39.3. The highest BCUT2D eigenvalue weighted by Gasteiger charge is 2.53. The van der Waals surface area contributed by atoms with Gasteiger partial charge in [-0.3, -0.25) is 0 Å². The van der Waals surface area contributed by atoms with E-state index in [0.717, 1.165) is 5.92 Å². The van der Waals surface area contributed by atoms with Gasteiger partial charge in [-0.15, -0.1) is 0 Å². The minimum absolute atomic E-state index is 0.412. The molecule has 0 aromatic rings. The fraction of sp³-hybridized carbons (Fsp3) is 1.00. The molecule has 0 aliphatic heterocycles. The van der Waals surface area contributed by atoms with Gasteiger partial charge in [0, 0.05) is 10.2 Å². The molecule has 0 radical (unpaired) electrons. The van der Waals surface area contributed by atoms with E-state index >= 15 is 0 Å². The molecule has 0 heterocycles. The zero-order valence-electron chi connectivity index (χ0n) is 12.3. The molecule has 1 nitrogen and oxygen atoms in total. The Morgan fingerprint density at radius 3 is 2.33 bits per heavy atom. The SMILES string of the molecule is CCC1CCCCC1OC1CC(Br)C1(CC)CC. The van der Waals surface area contributed by atoms with E-state index in [4.69, 9.17) is 4.74 Å². The first-order valence-corrected chi connectivity index (χ1v) is 8.89. The van der Waals surface area contributed by atoms with Crippen LogP contribution in [0.4, 0.5) is 0 Å². The quantitative estimate of drug-likeness (QED) is 0.624. The van der Waals surface area contributed by atoms with Crippen LogP contribution < -0.4 is 0 Å². The molecular weight excluding hydrogens is 288 g/mol. The monoisotopic (exact) mass is 316 g/mol. The lowest BCUT2D eigenvalue weighted by molar-refractivity contribution is -0.161. The first kappa shape index (κ1) is 14.8. The lowest BCUT2D eigenvalue weighted by atomic mass is 9.62. The zero-order chi connectivity index (χ0) is 13.2. The number of hydrogen-bond acceptors (Lipinski definition) is 1. The molecule has 2 saturated carbocycles. The summed E-state index contributed by atoms with van der Waals surface area (Å²) in [6.45, 7) is 6.98. The van der Waals surface area contributed by atoms with Crippen molar-refractivity contribution in [3.63, 3.8) is 0 Å². The molecule has 2 aliphatic carbocycles. The highest BCUT2D eigenvalue weighted by molar-refractivity contribution is 9.09. The molecule has 0 bridgehead atoms. The minimum atomic E-state index is 0.412. The molecule has 0 amide bonds. The third kappa shape index (κ3) is 2.52. The lowest BCUT2D eigenvalue weighted by Gasteiger charge is -2.54. The summed E-state index contributed by atoms with van der Waals surface area (Å²) in [5.41, 5.74) is 0.412. The second kappa shape index (κ2) is 6.26. The Labute approximate surface area is 121 Å². The van der Waals surface area contributed by atoms with E-state index in [1.807, 2.05) is 0 Å². The number of ether oxygens (including phenoxy) is 1. The molecule has 106 valence electrons. The largest absolute Gasteiger partial charge is 0.374 e. The Morgan fingerprint density at radius 1 is 1.11 bits per heavy atom. The van der Waals surface area contributed by atoms with E-state index in [2.05, 4.69) is 36.7 Å². The molecule has 0 aromatic heterocycles. The summed E-state index contributed by atoms with van der Waals surface area (Å²) in [6.07, 6.45) is 11.5. The van der Waals surface area contributed by atoms with Gasteiger partial charge in [0.25, 0.3) is 0 Å². The van der Waals surface area contributed by atoms with Crippen LogP contribution in [0.2, 0.25) is 0 Å². The van der Waals surface area contributed by atoms with Gasteiger partial charge in [0.1, 0.15) is 0 Å². The highest BCUT2D eigenvalue weighted by atomic mass is 79.9. The Bertz CT molecular complexity index is 262. The number of halogens is 1. The topological polar surface area (TPSA) is 9.23 Å². The maximum absolute atomic E-state index is 6.57. The van der Waals surface area contributed by atoms with Gasteiger partial charge in [-0.25, -0.2) is 0 Å². The van der Waals surface area contributed by atoms with Crippen LogP contribution >= 0.6 is 15.9 Å². The van der Waals surface area contributed by atoms with Crippen LogP contribution in [0.5, 0.6) is 0 Å². The fourth-order valence-corrected chi connectivity index (χ4v) is 5.35. The van der Waals surface area contributed by atoms with Gasteiger partial charge in [0.2, 0.25) is 0 Å². The standard InChI is InChI=1S/C16H29BrO/c1-4-12-9-7-8-10-13(12)18-15-11-14(17)16(15,5-2)6-3/h12-15H,4-11H2,1-3H3. The number of rotatable bonds is 5. The number of hydrogen-bond donors (Lipinski definition) is 0. The molecule has 4 atom stereocenters. The second-order valence-electron chi connectivity index (χ2n) is 6.26. The van der Waals surface area contributed by atoms with Crippen molar-refractivity contribution >= 4 is 15.9 Å². The van der Waals surface area contributed by atoms with E-state index in [-0.39, 0.29) is 0 Å². The van der Waals surface area contributed by atoms with Crippen molar-refractivity contribution in [2.24, 2.45) is 11.3 Å². The van der Waals surface area contributed by atoms with Crippen LogP contribution in [0, 0.1) is 11.3 Å². The van der Waals surface area contributed by atoms with Crippen molar-refractivity contribution in [2.75, 3.05) is 0 Å². The van der Waals surface area contributed by atoms with Gasteiger partial charge >= 0.3 is 0 Å². The van der Waals surface area contributed by atoms with Crippen LogP contribution in [-0.4, -0.2) is 17.0 Å². The summed E-state index contributed by atoms with van der Waals surface area (Å²) in [5.74, 6) is 0.819. The number of alkyl halides is 1. The van der Waals surface area contributed by atoms with Gasteiger partial charge < -0.3 is 4.74 Å². The van der Waals surface area contributed by atoms with Crippen LogP contribution in [0.15, 0.2) is 0 Å². The summed E-state index contributed by atoms with van der Waals surface area (Å²) in [5, 5.41) is 0. The van der Waals surface area contributed by atoms with E-state index in [0.29, 0.717) is 22.5 Å². The lowest BCUT2D eigenvalue weighted by Crippen LogP contribution is -2.56. The van der Waals surface area contributed by atoms with Crippen molar-refractivity contribution in [3.8, 4) is 0 Å². The zero-order valence-corrected chi connectivity index (χ0v) is 13.8. The van der Waals surface area contributed by atoms with Gasteiger partial charge in [0.05, 0.1) is 12.2 Å². The van der Waals surface area contributed by atoms with E-state index in [9.17, 15) is 0 Å². The molecule has 0 N–H and O–H groups in total. The second-order valence-corrected chi connectivity index (χ2v) is 7.36. The van der Waals surface area contributed by atoms with Crippen LogP contribution in [-0.2, 0) is 4.74 Å². The Balaban J connectivity index is 1.96.